The summed E-state index contributed by atoms with van der Waals surface area (Å²) in [6, 6.07) is 2.47. The van der Waals surface area contributed by atoms with Crippen LogP contribution in [-0.2, 0) is 0 Å². The maximum atomic E-state index is 13.0. The Morgan fingerprint density at radius 3 is 2.62 bits per heavy atom. The first-order valence-corrected chi connectivity index (χ1v) is 4.34. The molecule has 0 aliphatic rings. The van der Waals surface area contributed by atoms with Crippen LogP contribution in [0.5, 0.6) is 0 Å². The summed E-state index contributed by atoms with van der Waals surface area (Å²) in [7, 11) is 0. The maximum Gasteiger partial charge on any atom is 0.143 e. The van der Waals surface area contributed by atoms with Crippen molar-refractivity contribution in [3.05, 3.63) is 33.6 Å². The minimum absolute atomic E-state index is 0.0283. The molecule has 1 unspecified atom stereocenters. The Morgan fingerprint density at radius 2 is 2.08 bits per heavy atom. The highest BCUT2D eigenvalue weighted by atomic mass is 35.5. The van der Waals surface area contributed by atoms with E-state index >= 15 is 0 Å². The van der Waals surface area contributed by atoms with Gasteiger partial charge in [-0.2, -0.15) is 0 Å². The zero-order chi connectivity index (χ0) is 10.0. The third-order valence-corrected chi connectivity index (χ3v) is 2.22. The van der Waals surface area contributed by atoms with Gasteiger partial charge in [0.25, 0.3) is 0 Å². The van der Waals surface area contributed by atoms with Gasteiger partial charge >= 0.3 is 0 Å². The SMILES string of the molecule is NCC(O)c1cc(Cl)cc(F)c1Cl. The lowest BCUT2D eigenvalue weighted by atomic mass is 10.1. The molecule has 1 rings (SSSR count). The van der Waals surface area contributed by atoms with Crippen molar-refractivity contribution in [1.82, 2.24) is 0 Å². The second-order valence-corrected chi connectivity index (χ2v) is 3.36. The van der Waals surface area contributed by atoms with Gasteiger partial charge in [0.05, 0.1) is 11.1 Å². The van der Waals surface area contributed by atoms with Crippen molar-refractivity contribution < 1.29 is 9.50 Å². The molecule has 2 nitrogen and oxygen atoms in total. The Bertz CT molecular complexity index is 319. The molecule has 3 N–H and O–H groups in total. The van der Waals surface area contributed by atoms with Crippen LogP contribution in [0, 0.1) is 5.82 Å². The van der Waals surface area contributed by atoms with Crippen LogP contribution in [0.2, 0.25) is 10.0 Å². The molecule has 13 heavy (non-hydrogen) atoms. The predicted octanol–water partition coefficient (Wildman–Crippen LogP) is 2.12. The van der Waals surface area contributed by atoms with Gasteiger partial charge < -0.3 is 10.8 Å². The second kappa shape index (κ2) is 4.24. The molecule has 0 saturated heterocycles. The Balaban J connectivity index is 3.20. The van der Waals surface area contributed by atoms with Gasteiger partial charge in [-0.05, 0) is 12.1 Å². The van der Waals surface area contributed by atoms with E-state index in [1.165, 1.54) is 6.07 Å². The number of halogens is 3. The minimum Gasteiger partial charge on any atom is -0.387 e. The van der Waals surface area contributed by atoms with Crippen molar-refractivity contribution in [3.63, 3.8) is 0 Å². The van der Waals surface area contributed by atoms with E-state index in [-0.39, 0.29) is 22.2 Å². The maximum absolute atomic E-state index is 13.0. The zero-order valence-electron chi connectivity index (χ0n) is 6.60. The first kappa shape index (κ1) is 10.7. The number of hydrogen-bond donors (Lipinski definition) is 2. The molecule has 0 saturated carbocycles. The van der Waals surface area contributed by atoms with E-state index in [0.29, 0.717) is 0 Å². The van der Waals surface area contributed by atoms with Gasteiger partial charge in [-0.1, -0.05) is 23.2 Å². The zero-order valence-corrected chi connectivity index (χ0v) is 8.11. The highest BCUT2D eigenvalue weighted by Gasteiger charge is 2.14. The van der Waals surface area contributed by atoms with E-state index in [4.69, 9.17) is 28.9 Å². The summed E-state index contributed by atoms with van der Waals surface area (Å²) >= 11 is 11.2. The van der Waals surface area contributed by atoms with Crippen LogP contribution in [-0.4, -0.2) is 11.7 Å². The van der Waals surface area contributed by atoms with Crippen molar-refractivity contribution in [2.75, 3.05) is 6.54 Å². The van der Waals surface area contributed by atoms with Gasteiger partial charge in [0, 0.05) is 17.1 Å². The molecule has 0 radical (unpaired) electrons. The monoisotopic (exact) mass is 223 g/mol. The Hall–Kier alpha value is -0.350. The average Bonchev–Trinajstić information content (AvgIpc) is 2.10. The lowest BCUT2D eigenvalue weighted by Gasteiger charge is -2.10. The molecule has 72 valence electrons. The molecule has 1 aromatic rings. The summed E-state index contributed by atoms with van der Waals surface area (Å²) in [6.07, 6.45) is -0.985. The summed E-state index contributed by atoms with van der Waals surface area (Å²) in [4.78, 5) is 0. The topological polar surface area (TPSA) is 46.2 Å². The average molecular weight is 224 g/mol. The van der Waals surface area contributed by atoms with Gasteiger partial charge in [0.1, 0.15) is 5.82 Å². The van der Waals surface area contributed by atoms with Crippen LogP contribution >= 0.6 is 23.2 Å². The third kappa shape index (κ3) is 2.31. The first-order chi connectivity index (χ1) is 6.06. The molecule has 1 aromatic carbocycles. The number of aliphatic hydroxyl groups is 1. The molecular formula is C8H8Cl2FNO. The Labute approximate surface area is 85.1 Å². The number of benzene rings is 1. The molecule has 0 fully saturated rings. The summed E-state index contributed by atoms with van der Waals surface area (Å²) < 4.78 is 13.0. The van der Waals surface area contributed by atoms with Crippen molar-refractivity contribution in [3.8, 4) is 0 Å². The number of aliphatic hydroxyl groups excluding tert-OH is 1. The molecular weight excluding hydrogens is 216 g/mol. The minimum atomic E-state index is -0.985. The van der Waals surface area contributed by atoms with Crippen molar-refractivity contribution >= 4 is 23.2 Å². The van der Waals surface area contributed by atoms with Crippen molar-refractivity contribution in [2.45, 2.75) is 6.10 Å². The van der Waals surface area contributed by atoms with Crippen LogP contribution in [0.1, 0.15) is 11.7 Å². The van der Waals surface area contributed by atoms with E-state index in [2.05, 4.69) is 0 Å². The lowest BCUT2D eigenvalue weighted by molar-refractivity contribution is 0.186. The summed E-state index contributed by atoms with van der Waals surface area (Å²) in [5.74, 6) is -0.656. The van der Waals surface area contributed by atoms with Gasteiger partial charge in [0.2, 0.25) is 0 Å². The van der Waals surface area contributed by atoms with Crippen LogP contribution in [0.15, 0.2) is 12.1 Å². The van der Waals surface area contributed by atoms with Gasteiger partial charge in [-0.3, -0.25) is 0 Å². The van der Waals surface area contributed by atoms with Crippen LogP contribution in [0.4, 0.5) is 4.39 Å². The standard InChI is InChI=1S/C8H8Cl2FNO/c9-4-1-5(7(13)3-12)8(10)6(11)2-4/h1-2,7,13H,3,12H2. The van der Waals surface area contributed by atoms with E-state index in [9.17, 15) is 9.50 Å². The van der Waals surface area contributed by atoms with Crippen LogP contribution in [0.25, 0.3) is 0 Å². The van der Waals surface area contributed by atoms with E-state index in [1.54, 1.807) is 0 Å². The van der Waals surface area contributed by atoms with E-state index < -0.39 is 11.9 Å². The van der Waals surface area contributed by atoms with Gasteiger partial charge in [-0.15, -0.1) is 0 Å². The largest absolute Gasteiger partial charge is 0.387 e. The highest BCUT2D eigenvalue weighted by Crippen LogP contribution is 2.28. The fraction of sp³-hybridized carbons (Fsp3) is 0.250. The molecule has 0 aliphatic heterocycles. The summed E-state index contributed by atoms with van der Waals surface area (Å²) in [5.41, 5.74) is 5.42. The van der Waals surface area contributed by atoms with Gasteiger partial charge in [0.15, 0.2) is 0 Å². The second-order valence-electron chi connectivity index (χ2n) is 2.54. The first-order valence-electron chi connectivity index (χ1n) is 3.59. The molecule has 5 heteroatoms. The fourth-order valence-corrected chi connectivity index (χ4v) is 1.39. The molecule has 0 heterocycles. The number of nitrogens with two attached hydrogens (primary N) is 1. The molecule has 0 bridgehead atoms. The number of rotatable bonds is 2. The lowest BCUT2D eigenvalue weighted by Crippen LogP contribution is -2.12. The Morgan fingerprint density at radius 1 is 1.46 bits per heavy atom. The predicted molar refractivity (Wildman–Crippen MR) is 50.4 cm³/mol. The molecule has 0 spiro atoms. The smallest absolute Gasteiger partial charge is 0.143 e. The highest BCUT2D eigenvalue weighted by molar-refractivity contribution is 6.33. The third-order valence-electron chi connectivity index (χ3n) is 1.60. The van der Waals surface area contributed by atoms with Crippen molar-refractivity contribution in [2.24, 2.45) is 5.73 Å². The molecule has 0 aromatic heterocycles. The summed E-state index contributed by atoms with van der Waals surface area (Å²) in [5, 5.41) is 9.37. The van der Waals surface area contributed by atoms with E-state index in [0.717, 1.165) is 6.07 Å². The van der Waals surface area contributed by atoms with Crippen LogP contribution in [0.3, 0.4) is 0 Å². The molecule has 1 atom stereocenters. The normalized spacial score (nSPS) is 13.0. The quantitative estimate of drug-likeness (QED) is 0.755. The van der Waals surface area contributed by atoms with Gasteiger partial charge in [-0.25, -0.2) is 4.39 Å². The van der Waals surface area contributed by atoms with Crippen LogP contribution < -0.4 is 5.73 Å². The van der Waals surface area contributed by atoms with Crippen molar-refractivity contribution in [1.29, 1.82) is 0 Å². The number of hydrogen-bond acceptors (Lipinski definition) is 2. The molecule has 0 aliphatic carbocycles. The fourth-order valence-electron chi connectivity index (χ4n) is 0.945. The molecule has 0 amide bonds. The Kier molecular flexibility index (Phi) is 3.50. The van der Waals surface area contributed by atoms with E-state index in [1.807, 2.05) is 0 Å². The summed E-state index contributed by atoms with van der Waals surface area (Å²) in [6.45, 7) is -0.0283.